The van der Waals surface area contributed by atoms with Crippen LogP contribution >= 0.6 is 0 Å². The number of carbonyl (C=O) groups excluding carboxylic acids is 1. The minimum absolute atomic E-state index is 0.0868. The molecule has 0 spiro atoms. The fourth-order valence-electron chi connectivity index (χ4n) is 2.85. The molecule has 0 aromatic carbocycles. The van der Waals surface area contributed by atoms with Crippen LogP contribution in [-0.4, -0.2) is 39.0 Å². The molecule has 2 aromatic heterocycles. The standard InChI is InChI=1S/C20H25N5O3/c1-19(2,3)28-18(26)20(7-4-8-20)12-27-16-11-24-15(10-25-16)13-5-6-14(17(21)22)23-9-13/h5-6,9-11H,4,7-8,12H2,1-3H3,(H3,21,22). The van der Waals surface area contributed by atoms with Crippen molar-refractivity contribution in [3.05, 3.63) is 36.4 Å². The summed E-state index contributed by atoms with van der Waals surface area (Å²) < 4.78 is 11.3. The van der Waals surface area contributed by atoms with Crippen molar-refractivity contribution in [3.8, 4) is 17.1 Å². The van der Waals surface area contributed by atoms with Gasteiger partial charge in [0.05, 0.1) is 18.1 Å². The molecule has 1 aliphatic rings. The largest absolute Gasteiger partial charge is 0.475 e. The number of nitrogen functional groups attached to an aromatic ring is 1. The zero-order valence-electron chi connectivity index (χ0n) is 16.4. The van der Waals surface area contributed by atoms with Gasteiger partial charge in [0.2, 0.25) is 5.88 Å². The number of nitrogens with zero attached hydrogens (tertiary/aromatic N) is 3. The van der Waals surface area contributed by atoms with Gasteiger partial charge in [-0.2, -0.15) is 0 Å². The van der Waals surface area contributed by atoms with E-state index in [0.717, 1.165) is 24.8 Å². The summed E-state index contributed by atoms with van der Waals surface area (Å²) in [5.41, 5.74) is 6.08. The summed E-state index contributed by atoms with van der Waals surface area (Å²) in [7, 11) is 0. The summed E-state index contributed by atoms with van der Waals surface area (Å²) in [4.78, 5) is 25.3. The molecule has 0 saturated heterocycles. The summed E-state index contributed by atoms with van der Waals surface area (Å²) in [6.07, 6.45) is 7.18. The van der Waals surface area contributed by atoms with Crippen LogP contribution in [0.4, 0.5) is 0 Å². The number of pyridine rings is 1. The molecule has 148 valence electrons. The molecule has 3 rings (SSSR count). The number of aromatic nitrogens is 3. The van der Waals surface area contributed by atoms with Gasteiger partial charge in [-0.1, -0.05) is 6.42 Å². The van der Waals surface area contributed by atoms with Crippen LogP contribution in [0.5, 0.6) is 5.88 Å². The Morgan fingerprint density at radius 2 is 1.93 bits per heavy atom. The third kappa shape index (κ3) is 4.44. The van der Waals surface area contributed by atoms with E-state index in [1.54, 1.807) is 24.5 Å². The first-order valence-electron chi connectivity index (χ1n) is 9.18. The number of hydrogen-bond acceptors (Lipinski definition) is 7. The summed E-state index contributed by atoms with van der Waals surface area (Å²) in [5, 5.41) is 7.37. The van der Waals surface area contributed by atoms with Gasteiger partial charge in [0.1, 0.15) is 29.2 Å². The van der Waals surface area contributed by atoms with E-state index < -0.39 is 11.0 Å². The van der Waals surface area contributed by atoms with E-state index in [1.165, 1.54) is 6.20 Å². The third-order valence-electron chi connectivity index (χ3n) is 4.60. The fourth-order valence-corrected chi connectivity index (χ4v) is 2.85. The van der Waals surface area contributed by atoms with Crippen molar-refractivity contribution in [1.29, 1.82) is 5.41 Å². The SMILES string of the molecule is CC(C)(C)OC(=O)C1(COc2cnc(-c3ccc(C(=N)N)nc3)cn2)CCC1. The zero-order chi connectivity index (χ0) is 20.4. The van der Waals surface area contributed by atoms with Crippen LogP contribution in [0.15, 0.2) is 30.7 Å². The van der Waals surface area contributed by atoms with Crippen LogP contribution in [0.25, 0.3) is 11.3 Å². The lowest BCUT2D eigenvalue weighted by Gasteiger charge is -2.40. The van der Waals surface area contributed by atoms with Crippen molar-refractivity contribution in [2.75, 3.05) is 6.61 Å². The van der Waals surface area contributed by atoms with Crippen molar-refractivity contribution in [2.24, 2.45) is 11.1 Å². The first-order chi connectivity index (χ1) is 13.2. The fraction of sp³-hybridized carbons (Fsp3) is 0.450. The number of hydrogen-bond donors (Lipinski definition) is 2. The number of rotatable bonds is 6. The number of carbonyl (C=O) groups is 1. The van der Waals surface area contributed by atoms with Gasteiger partial charge >= 0.3 is 5.97 Å². The highest BCUT2D eigenvalue weighted by molar-refractivity contribution is 5.93. The first-order valence-corrected chi connectivity index (χ1v) is 9.18. The average molecular weight is 383 g/mol. The molecular weight excluding hydrogens is 358 g/mol. The number of nitrogens with one attached hydrogen (secondary N) is 1. The first kappa shape index (κ1) is 19.7. The Bertz CT molecular complexity index is 853. The topological polar surface area (TPSA) is 124 Å². The molecule has 28 heavy (non-hydrogen) atoms. The molecule has 0 unspecified atom stereocenters. The summed E-state index contributed by atoms with van der Waals surface area (Å²) in [5.74, 6) is 0.0515. The average Bonchev–Trinajstić information content (AvgIpc) is 2.60. The second-order valence-corrected chi connectivity index (χ2v) is 8.01. The molecule has 1 fully saturated rings. The molecule has 2 heterocycles. The molecule has 3 N–H and O–H groups in total. The Labute approximate surface area is 164 Å². The van der Waals surface area contributed by atoms with Crippen LogP contribution in [0.2, 0.25) is 0 Å². The van der Waals surface area contributed by atoms with E-state index in [-0.39, 0.29) is 18.4 Å². The Hall–Kier alpha value is -3.03. The normalized spacial score (nSPS) is 15.4. The maximum atomic E-state index is 12.5. The van der Waals surface area contributed by atoms with Gasteiger partial charge in [0, 0.05) is 11.8 Å². The maximum absolute atomic E-state index is 12.5. The second-order valence-electron chi connectivity index (χ2n) is 8.01. The quantitative estimate of drug-likeness (QED) is 0.446. The number of ether oxygens (including phenoxy) is 2. The van der Waals surface area contributed by atoms with E-state index in [9.17, 15) is 4.79 Å². The second kappa shape index (κ2) is 7.53. The van der Waals surface area contributed by atoms with Gasteiger partial charge in [-0.3, -0.25) is 15.2 Å². The molecule has 2 aromatic rings. The van der Waals surface area contributed by atoms with Gasteiger partial charge < -0.3 is 15.2 Å². The van der Waals surface area contributed by atoms with Gasteiger partial charge in [-0.25, -0.2) is 9.97 Å². The highest BCUT2D eigenvalue weighted by Crippen LogP contribution is 2.43. The van der Waals surface area contributed by atoms with Crippen LogP contribution in [0.3, 0.4) is 0 Å². The van der Waals surface area contributed by atoms with Gasteiger partial charge in [0.25, 0.3) is 0 Å². The highest BCUT2D eigenvalue weighted by Gasteiger charge is 2.47. The van der Waals surface area contributed by atoms with E-state index in [2.05, 4.69) is 15.0 Å². The van der Waals surface area contributed by atoms with E-state index in [4.69, 9.17) is 20.6 Å². The van der Waals surface area contributed by atoms with Gasteiger partial charge in [0.15, 0.2) is 0 Å². The molecular formula is C20H25N5O3. The Balaban J connectivity index is 1.64. The highest BCUT2D eigenvalue weighted by atomic mass is 16.6. The van der Waals surface area contributed by atoms with E-state index >= 15 is 0 Å². The Morgan fingerprint density at radius 3 is 2.39 bits per heavy atom. The van der Waals surface area contributed by atoms with Crippen molar-refractivity contribution < 1.29 is 14.3 Å². The van der Waals surface area contributed by atoms with Crippen molar-refractivity contribution in [2.45, 2.75) is 45.6 Å². The molecule has 8 nitrogen and oxygen atoms in total. The van der Waals surface area contributed by atoms with Crippen molar-refractivity contribution in [3.63, 3.8) is 0 Å². The van der Waals surface area contributed by atoms with Gasteiger partial charge in [-0.05, 0) is 45.7 Å². The van der Waals surface area contributed by atoms with Crippen molar-refractivity contribution in [1.82, 2.24) is 15.0 Å². The smallest absolute Gasteiger partial charge is 0.316 e. The van der Waals surface area contributed by atoms with Crippen LogP contribution in [0.1, 0.15) is 45.7 Å². The summed E-state index contributed by atoms with van der Waals surface area (Å²) in [6, 6.07) is 3.44. The minimum atomic E-state index is -0.597. The third-order valence-corrected chi connectivity index (χ3v) is 4.60. The molecule has 0 aliphatic heterocycles. The Morgan fingerprint density at radius 1 is 1.18 bits per heavy atom. The van der Waals surface area contributed by atoms with Crippen LogP contribution in [-0.2, 0) is 9.53 Å². The van der Waals surface area contributed by atoms with E-state index in [0.29, 0.717) is 17.3 Å². The number of esters is 1. The molecule has 0 bridgehead atoms. The summed E-state index contributed by atoms with van der Waals surface area (Å²) in [6.45, 7) is 5.81. The molecule has 1 saturated carbocycles. The molecule has 1 aliphatic carbocycles. The molecule has 8 heteroatoms. The molecule has 0 amide bonds. The van der Waals surface area contributed by atoms with Crippen molar-refractivity contribution >= 4 is 11.8 Å². The number of amidine groups is 1. The lowest BCUT2D eigenvalue weighted by molar-refractivity contribution is -0.176. The molecule has 0 atom stereocenters. The molecule has 0 radical (unpaired) electrons. The predicted octanol–water partition coefficient (Wildman–Crippen LogP) is 2.71. The van der Waals surface area contributed by atoms with E-state index in [1.807, 2.05) is 20.8 Å². The maximum Gasteiger partial charge on any atom is 0.316 e. The summed E-state index contributed by atoms with van der Waals surface area (Å²) >= 11 is 0. The Kier molecular flexibility index (Phi) is 5.31. The lowest BCUT2D eigenvalue weighted by atomic mass is 9.69. The minimum Gasteiger partial charge on any atom is -0.475 e. The van der Waals surface area contributed by atoms with Gasteiger partial charge in [-0.15, -0.1) is 0 Å². The lowest BCUT2D eigenvalue weighted by Crippen LogP contribution is -2.46. The predicted molar refractivity (Wildman–Crippen MR) is 104 cm³/mol. The number of nitrogens with two attached hydrogens (primary N) is 1. The van der Waals surface area contributed by atoms with Crippen LogP contribution < -0.4 is 10.5 Å². The van der Waals surface area contributed by atoms with Crippen LogP contribution in [0, 0.1) is 10.8 Å². The monoisotopic (exact) mass is 383 g/mol. The zero-order valence-corrected chi connectivity index (χ0v) is 16.4.